The lowest BCUT2D eigenvalue weighted by atomic mass is 10.4. The molecule has 1 unspecified atom stereocenters. The van der Waals surface area contributed by atoms with Crippen LogP contribution >= 0.6 is 11.8 Å². The maximum absolute atomic E-state index is 5.06. The van der Waals surface area contributed by atoms with Crippen LogP contribution in [0.2, 0.25) is 0 Å². The van der Waals surface area contributed by atoms with Crippen molar-refractivity contribution in [2.24, 2.45) is 4.99 Å². The van der Waals surface area contributed by atoms with Gasteiger partial charge in [-0.1, -0.05) is 0 Å². The third kappa shape index (κ3) is 1.99. The molecule has 0 saturated heterocycles. The third-order valence-electron chi connectivity index (χ3n) is 1.27. The van der Waals surface area contributed by atoms with Crippen molar-refractivity contribution in [3.8, 4) is 0 Å². The topological polar surface area (TPSA) is 21.6 Å². The molecule has 1 aliphatic rings. The summed E-state index contributed by atoms with van der Waals surface area (Å²) in [5.74, 6) is 1.15. The van der Waals surface area contributed by atoms with E-state index < -0.39 is 0 Å². The van der Waals surface area contributed by atoms with E-state index in [1.165, 1.54) is 0 Å². The standard InChI is InChI=1S/C6H11NOS/c1-5-7-6(8-2)3-4-9-5/h6H,3-4H2,1-2H3. The molecule has 1 atom stereocenters. The van der Waals surface area contributed by atoms with Crippen molar-refractivity contribution in [2.75, 3.05) is 12.9 Å². The average Bonchev–Trinajstić information content (AvgIpc) is 1.88. The second-order valence-electron chi connectivity index (χ2n) is 1.98. The van der Waals surface area contributed by atoms with E-state index in [0.29, 0.717) is 0 Å². The van der Waals surface area contributed by atoms with Crippen molar-refractivity contribution < 1.29 is 4.74 Å². The molecule has 0 fully saturated rings. The van der Waals surface area contributed by atoms with Crippen LogP contribution in [0.4, 0.5) is 0 Å². The zero-order valence-electron chi connectivity index (χ0n) is 5.76. The molecule has 1 rings (SSSR count). The van der Waals surface area contributed by atoms with Crippen molar-refractivity contribution in [3.63, 3.8) is 0 Å². The highest BCUT2D eigenvalue weighted by molar-refractivity contribution is 8.13. The highest BCUT2D eigenvalue weighted by Gasteiger charge is 2.10. The van der Waals surface area contributed by atoms with Gasteiger partial charge in [-0.2, -0.15) is 0 Å². The van der Waals surface area contributed by atoms with Gasteiger partial charge in [0.25, 0.3) is 0 Å². The number of aliphatic imine (C=N–C) groups is 1. The lowest BCUT2D eigenvalue weighted by Gasteiger charge is -2.15. The van der Waals surface area contributed by atoms with Gasteiger partial charge in [-0.15, -0.1) is 11.8 Å². The molecule has 0 N–H and O–H groups in total. The van der Waals surface area contributed by atoms with Crippen LogP contribution in [0.1, 0.15) is 13.3 Å². The Balaban J connectivity index is 2.47. The first-order valence-electron chi connectivity index (χ1n) is 3.03. The van der Waals surface area contributed by atoms with E-state index in [2.05, 4.69) is 4.99 Å². The highest BCUT2D eigenvalue weighted by Crippen LogP contribution is 2.16. The molecule has 1 heterocycles. The minimum absolute atomic E-state index is 0.131. The predicted molar refractivity (Wildman–Crippen MR) is 41.0 cm³/mol. The fourth-order valence-corrected chi connectivity index (χ4v) is 1.59. The average molecular weight is 145 g/mol. The number of thioether (sulfide) groups is 1. The summed E-state index contributed by atoms with van der Waals surface area (Å²) in [5.41, 5.74) is 0. The van der Waals surface area contributed by atoms with Crippen LogP contribution in [0.5, 0.6) is 0 Å². The van der Waals surface area contributed by atoms with Gasteiger partial charge in [0.05, 0.1) is 5.04 Å². The van der Waals surface area contributed by atoms with Gasteiger partial charge >= 0.3 is 0 Å². The molecular weight excluding hydrogens is 134 g/mol. The fourth-order valence-electron chi connectivity index (χ4n) is 0.783. The molecule has 0 radical (unpaired) electrons. The first-order chi connectivity index (χ1) is 4.33. The predicted octanol–water partition coefficient (Wildman–Crippen LogP) is 1.51. The van der Waals surface area contributed by atoms with Crippen LogP contribution in [0.15, 0.2) is 4.99 Å². The Hall–Kier alpha value is -0.0200. The minimum atomic E-state index is 0.131. The Morgan fingerprint density at radius 3 is 3.00 bits per heavy atom. The monoisotopic (exact) mass is 145 g/mol. The lowest BCUT2D eigenvalue weighted by Crippen LogP contribution is -2.14. The summed E-state index contributed by atoms with van der Waals surface area (Å²) in [5, 5.41) is 1.15. The fraction of sp³-hybridized carbons (Fsp3) is 0.833. The van der Waals surface area contributed by atoms with Crippen LogP contribution in [-0.2, 0) is 4.74 Å². The number of rotatable bonds is 1. The SMILES string of the molecule is COC1CCSC(C)=N1. The molecule has 0 aromatic rings. The van der Waals surface area contributed by atoms with Crippen LogP contribution in [0.3, 0.4) is 0 Å². The van der Waals surface area contributed by atoms with Crippen molar-refractivity contribution in [1.82, 2.24) is 0 Å². The van der Waals surface area contributed by atoms with E-state index >= 15 is 0 Å². The van der Waals surface area contributed by atoms with Crippen molar-refractivity contribution in [1.29, 1.82) is 0 Å². The maximum Gasteiger partial charge on any atom is 0.149 e. The molecular formula is C6H11NOS. The molecule has 2 nitrogen and oxygen atoms in total. The van der Waals surface area contributed by atoms with Gasteiger partial charge in [0, 0.05) is 19.3 Å². The maximum atomic E-state index is 5.06. The zero-order valence-corrected chi connectivity index (χ0v) is 6.57. The molecule has 0 bridgehead atoms. The lowest BCUT2D eigenvalue weighted by molar-refractivity contribution is 0.108. The largest absolute Gasteiger partial charge is 0.360 e. The Bertz CT molecular complexity index is 124. The van der Waals surface area contributed by atoms with E-state index in [1.807, 2.05) is 18.7 Å². The van der Waals surface area contributed by atoms with E-state index in [0.717, 1.165) is 17.2 Å². The molecule has 1 aliphatic heterocycles. The molecule has 0 aromatic carbocycles. The number of hydrogen-bond donors (Lipinski definition) is 0. The Kier molecular flexibility index (Phi) is 2.54. The Morgan fingerprint density at radius 2 is 2.56 bits per heavy atom. The van der Waals surface area contributed by atoms with Gasteiger partial charge in [-0.05, 0) is 6.92 Å². The molecule has 0 saturated carbocycles. The van der Waals surface area contributed by atoms with Crippen molar-refractivity contribution in [2.45, 2.75) is 19.6 Å². The molecule has 3 heteroatoms. The first kappa shape index (κ1) is 7.09. The molecule has 0 amide bonds. The highest BCUT2D eigenvalue weighted by atomic mass is 32.2. The van der Waals surface area contributed by atoms with Crippen LogP contribution in [0.25, 0.3) is 0 Å². The summed E-state index contributed by atoms with van der Waals surface area (Å²) in [4.78, 5) is 4.26. The minimum Gasteiger partial charge on any atom is -0.360 e. The second kappa shape index (κ2) is 3.22. The van der Waals surface area contributed by atoms with Crippen LogP contribution < -0.4 is 0 Å². The molecule has 0 spiro atoms. The zero-order chi connectivity index (χ0) is 6.69. The summed E-state index contributed by atoms with van der Waals surface area (Å²) in [6.45, 7) is 2.02. The van der Waals surface area contributed by atoms with Crippen molar-refractivity contribution in [3.05, 3.63) is 0 Å². The quantitative estimate of drug-likeness (QED) is 0.558. The Morgan fingerprint density at radius 1 is 1.78 bits per heavy atom. The van der Waals surface area contributed by atoms with E-state index in [-0.39, 0.29) is 6.23 Å². The third-order valence-corrected chi connectivity index (χ3v) is 2.24. The summed E-state index contributed by atoms with van der Waals surface area (Å²) < 4.78 is 5.06. The van der Waals surface area contributed by atoms with Gasteiger partial charge in [0.2, 0.25) is 0 Å². The summed E-state index contributed by atoms with van der Waals surface area (Å²) in [6.07, 6.45) is 1.18. The molecule has 0 aliphatic carbocycles. The summed E-state index contributed by atoms with van der Waals surface area (Å²) in [6, 6.07) is 0. The molecule has 0 aromatic heterocycles. The normalized spacial score (nSPS) is 27.8. The van der Waals surface area contributed by atoms with Crippen LogP contribution in [-0.4, -0.2) is 24.1 Å². The number of ether oxygens (including phenoxy) is 1. The number of hydrogen-bond acceptors (Lipinski definition) is 3. The summed E-state index contributed by atoms with van der Waals surface area (Å²) in [7, 11) is 1.71. The Labute approximate surface area is 59.7 Å². The number of methoxy groups -OCH3 is 1. The summed E-state index contributed by atoms with van der Waals surface area (Å²) >= 11 is 1.81. The van der Waals surface area contributed by atoms with E-state index in [1.54, 1.807) is 7.11 Å². The van der Waals surface area contributed by atoms with Gasteiger partial charge in [-0.3, -0.25) is 4.99 Å². The van der Waals surface area contributed by atoms with Gasteiger partial charge in [-0.25, -0.2) is 0 Å². The molecule has 9 heavy (non-hydrogen) atoms. The van der Waals surface area contributed by atoms with Gasteiger partial charge < -0.3 is 4.74 Å². The first-order valence-corrected chi connectivity index (χ1v) is 4.01. The van der Waals surface area contributed by atoms with E-state index in [4.69, 9.17) is 4.74 Å². The van der Waals surface area contributed by atoms with Crippen molar-refractivity contribution >= 4 is 16.8 Å². The van der Waals surface area contributed by atoms with Gasteiger partial charge in [0.15, 0.2) is 0 Å². The van der Waals surface area contributed by atoms with Gasteiger partial charge in [0.1, 0.15) is 6.23 Å². The second-order valence-corrected chi connectivity index (χ2v) is 3.26. The van der Waals surface area contributed by atoms with E-state index in [9.17, 15) is 0 Å². The van der Waals surface area contributed by atoms with Crippen LogP contribution in [0, 0.1) is 0 Å². The molecule has 52 valence electrons. The number of nitrogens with zero attached hydrogens (tertiary/aromatic N) is 1. The smallest absolute Gasteiger partial charge is 0.149 e.